The number of nitrogens with one attached hydrogen (secondary N) is 2. The number of amides is 2. The Bertz CT molecular complexity index is 583. The summed E-state index contributed by atoms with van der Waals surface area (Å²) < 4.78 is 5.22. The Kier molecular flexibility index (Phi) is 18.4. The van der Waals surface area contributed by atoms with E-state index in [1.807, 2.05) is 13.8 Å². The van der Waals surface area contributed by atoms with Gasteiger partial charge in [-0.3, -0.25) is 19.3 Å². The molecular weight excluding hydrogens is 442 g/mol. The third-order valence-corrected chi connectivity index (χ3v) is 6.58. The molecule has 1 fully saturated rings. The lowest BCUT2D eigenvalue weighted by Gasteiger charge is -2.33. The van der Waals surface area contributed by atoms with Crippen molar-refractivity contribution < 1.29 is 19.1 Å². The van der Waals surface area contributed by atoms with Crippen LogP contribution in [0.3, 0.4) is 0 Å². The van der Waals surface area contributed by atoms with Crippen molar-refractivity contribution in [3.8, 4) is 0 Å². The second-order valence-corrected chi connectivity index (χ2v) is 10.5. The average molecular weight is 496 g/mol. The van der Waals surface area contributed by atoms with E-state index in [-0.39, 0.29) is 30.7 Å². The number of ether oxygens (including phenoxy) is 1. The van der Waals surface area contributed by atoms with Crippen molar-refractivity contribution in [1.29, 1.82) is 0 Å². The topological polar surface area (TPSA) is 87.7 Å². The molecule has 0 saturated carbocycles. The molecule has 1 heterocycles. The van der Waals surface area contributed by atoms with Crippen molar-refractivity contribution in [1.82, 2.24) is 15.5 Å². The Labute approximate surface area is 214 Å². The van der Waals surface area contributed by atoms with E-state index in [4.69, 9.17) is 4.74 Å². The van der Waals surface area contributed by atoms with Gasteiger partial charge >= 0.3 is 5.97 Å². The molecule has 1 aliphatic heterocycles. The molecule has 2 amide bonds. The van der Waals surface area contributed by atoms with Crippen LogP contribution in [0.2, 0.25) is 0 Å². The lowest BCUT2D eigenvalue weighted by atomic mass is 10.0. The highest BCUT2D eigenvalue weighted by atomic mass is 16.5. The van der Waals surface area contributed by atoms with E-state index in [0.717, 1.165) is 12.8 Å². The number of esters is 1. The fourth-order valence-electron chi connectivity index (χ4n) is 4.44. The predicted molar refractivity (Wildman–Crippen MR) is 142 cm³/mol. The van der Waals surface area contributed by atoms with E-state index in [1.165, 1.54) is 77.0 Å². The monoisotopic (exact) mass is 495 g/mol. The largest absolute Gasteiger partial charge is 0.465 e. The van der Waals surface area contributed by atoms with Crippen molar-refractivity contribution in [2.45, 2.75) is 123 Å². The van der Waals surface area contributed by atoms with E-state index in [9.17, 15) is 14.4 Å². The van der Waals surface area contributed by atoms with Gasteiger partial charge in [-0.05, 0) is 12.3 Å². The van der Waals surface area contributed by atoms with Crippen molar-refractivity contribution in [3.05, 3.63) is 0 Å². The molecule has 1 unspecified atom stereocenters. The van der Waals surface area contributed by atoms with Crippen LogP contribution >= 0.6 is 0 Å². The van der Waals surface area contributed by atoms with Crippen LogP contribution in [0, 0.1) is 5.92 Å². The summed E-state index contributed by atoms with van der Waals surface area (Å²) >= 11 is 0. The summed E-state index contributed by atoms with van der Waals surface area (Å²) in [6.07, 6.45) is 18.3. The molecule has 7 heteroatoms. The molecule has 7 nitrogen and oxygen atoms in total. The minimum atomic E-state index is -0.643. The van der Waals surface area contributed by atoms with E-state index >= 15 is 0 Å². The smallest absolute Gasteiger partial charge is 0.307 e. The number of carbonyl (C=O) groups is 3. The maximum Gasteiger partial charge on any atom is 0.307 e. The fraction of sp³-hybridized carbons (Fsp3) is 0.893. The zero-order chi connectivity index (χ0) is 25.7. The molecule has 0 bridgehead atoms. The molecule has 0 aromatic rings. The zero-order valence-corrected chi connectivity index (χ0v) is 22.9. The third kappa shape index (κ3) is 16.6. The minimum absolute atomic E-state index is 0.0230. The molecular formula is C28H53N3O4. The highest BCUT2D eigenvalue weighted by molar-refractivity contribution is 5.88. The Morgan fingerprint density at radius 3 is 2.03 bits per heavy atom. The number of hydrogen-bond acceptors (Lipinski definition) is 5. The summed E-state index contributed by atoms with van der Waals surface area (Å²) in [7, 11) is 0. The molecule has 204 valence electrons. The van der Waals surface area contributed by atoms with Gasteiger partial charge in [0.25, 0.3) is 0 Å². The summed E-state index contributed by atoms with van der Waals surface area (Å²) in [5.74, 6) is -0.447. The maximum atomic E-state index is 12.4. The van der Waals surface area contributed by atoms with Crippen LogP contribution in [0.4, 0.5) is 0 Å². The summed E-state index contributed by atoms with van der Waals surface area (Å²) in [4.78, 5) is 38.6. The van der Waals surface area contributed by atoms with Gasteiger partial charge in [0.2, 0.25) is 11.8 Å². The van der Waals surface area contributed by atoms with Crippen LogP contribution in [0.25, 0.3) is 0 Å². The number of unbranched alkanes of at least 4 members (excludes halogenated alkanes) is 13. The van der Waals surface area contributed by atoms with Gasteiger partial charge in [0, 0.05) is 19.6 Å². The van der Waals surface area contributed by atoms with Crippen molar-refractivity contribution >= 4 is 17.8 Å². The van der Waals surface area contributed by atoms with Crippen molar-refractivity contribution in [2.75, 3.05) is 32.8 Å². The van der Waals surface area contributed by atoms with Crippen molar-refractivity contribution in [3.63, 3.8) is 0 Å². The average Bonchev–Trinajstić information content (AvgIpc) is 2.82. The number of hydrogen-bond donors (Lipinski definition) is 2. The Hall–Kier alpha value is -1.63. The Morgan fingerprint density at radius 1 is 0.943 bits per heavy atom. The summed E-state index contributed by atoms with van der Waals surface area (Å²) in [5.41, 5.74) is 0. The number of piperazine rings is 1. The molecule has 1 rings (SSSR count). The first-order chi connectivity index (χ1) is 16.9. The van der Waals surface area contributed by atoms with E-state index in [0.29, 0.717) is 26.2 Å². The standard InChI is InChI=1S/C28H53N3O4/c1-4-5-6-7-8-9-10-11-12-13-14-15-16-17-18-29-26(32)22-31-20-19-30-28(34)25(31)21-27(33)35-23-24(2)3/h24-25H,4-23H2,1-3H3,(H,29,32)(H,30,34). The zero-order valence-electron chi connectivity index (χ0n) is 22.9. The van der Waals surface area contributed by atoms with Gasteiger partial charge in [-0.1, -0.05) is 104 Å². The van der Waals surface area contributed by atoms with E-state index < -0.39 is 12.0 Å². The number of nitrogens with zero attached hydrogens (tertiary/aromatic N) is 1. The van der Waals surface area contributed by atoms with Crippen LogP contribution in [0.1, 0.15) is 117 Å². The molecule has 2 N–H and O–H groups in total. The maximum absolute atomic E-state index is 12.4. The number of carbonyl (C=O) groups excluding carboxylic acids is 3. The second kappa shape index (κ2) is 20.6. The van der Waals surface area contributed by atoms with Gasteiger partial charge in [-0.2, -0.15) is 0 Å². The Morgan fingerprint density at radius 2 is 1.49 bits per heavy atom. The summed E-state index contributed by atoms with van der Waals surface area (Å²) in [6, 6.07) is -0.643. The molecule has 1 aliphatic rings. The lowest BCUT2D eigenvalue weighted by molar-refractivity contribution is -0.150. The third-order valence-electron chi connectivity index (χ3n) is 6.58. The Balaban J connectivity index is 2.06. The molecule has 0 aromatic carbocycles. The van der Waals surface area contributed by atoms with Gasteiger partial charge in [-0.15, -0.1) is 0 Å². The first-order valence-electron chi connectivity index (χ1n) is 14.4. The first-order valence-corrected chi connectivity index (χ1v) is 14.4. The fourth-order valence-corrected chi connectivity index (χ4v) is 4.44. The normalized spacial score (nSPS) is 16.3. The predicted octanol–water partition coefficient (Wildman–Crippen LogP) is 4.97. The molecule has 0 aliphatic carbocycles. The highest BCUT2D eigenvalue weighted by Gasteiger charge is 2.33. The molecule has 0 aromatic heterocycles. The van der Waals surface area contributed by atoms with Crippen molar-refractivity contribution in [2.24, 2.45) is 5.92 Å². The molecule has 1 atom stereocenters. The van der Waals surface area contributed by atoms with Crippen LogP contribution in [0.15, 0.2) is 0 Å². The van der Waals surface area contributed by atoms with Gasteiger partial charge in [0.1, 0.15) is 6.04 Å². The molecule has 0 radical (unpaired) electrons. The van der Waals surface area contributed by atoms with E-state index in [1.54, 1.807) is 4.90 Å². The van der Waals surface area contributed by atoms with Gasteiger partial charge in [0.15, 0.2) is 0 Å². The van der Waals surface area contributed by atoms with Crippen LogP contribution in [0.5, 0.6) is 0 Å². The van der Waals surface area contributed by atoms with Crippen LogP contribution in [-0.2, 0) is 19.1 Å². The first kappa shape index (κ1) is 31.4. The quantitative estimate of drug-likeness (QED) is 0.173. The molecule has 0 spiro atoms. The van der Waals surface area contributed by atoms with Gasteiger partial charge in [0.05, 0.1) is 19.6 Å². The van der Waals surface area contributed by atoms with Crippen LogP contribution in [-0.4, -0.2) is 61.5 Å². The highest BCUT2D eigenvalue weighted by Crippen LogP contribution is 2.13. The molecule has 35 heavy (non-hydrogen) atoms. The van der Waals surface area contributed by atoms with E-state index in [2.05, 4.69) is 17.6 Å². The van der Waals surface area contributed by atoms with Gasteiger partial charge in [-0.25, -0.2) is 0 Å². The molecule has 1 saturated heterocycles. The second-order valence-electron chi connectivity index (χ2n) is 10.5. The SMILES string of the molecule is CCCCCCCCCCCCCCCCNC(=O)CN1CCNC(=O)C1CC(=O)OCC(C)C. The lowest BCUT2D eigenvalue weighted by Crippen LogP contribution is -2.58. The van der Waals surface area contributed by atoms with Crippen LogP contribution < -0.4 is 10.6 Å². The van der Waals surface area contributed by atoms with Gasteiger partial charge < -0.3 is 15.4 Å². The minimum Gasteiger partial charge on any atom is -0.465 e. The number of rotatable bonds is 21. The summed E-state index contributed by atoms with van der Waals surface area (Å²) in [5, 5.41) is 5.76. The summed E-state index contributed by atoms with van der Waals surface area (Å²) in [6.45, 7) is 8.38.